The molecule has 0 radical (unpaired) electrons. The Bertz CT molecular complexity index is 4050. The van der Waals surface area contributed by atoms with Gasteiger partial charge in [-0.15, -0.1) is 11.3 Å². The lowest BCUT2D eigenvalue weighted by molar-refractivity contribution is -0.161. The summed E-state index contributed by atoms with van der Waals surface area (Å²) < 4.78 is 16.8. The molecule has 1 aliphatic rings. The van der Waals surface area contributed by atoms with E-state index in [1.165, 1.54) is 29.3 Å². The summed E-state index contributed by atoms with van der Waals surface area (Å²) in [5.74, 6) is -15.7. The molecule has 2 unspecified atom stereocenters. The van der Waals surface area contributed by atoms with Crippen molar-refractivity contribution in [3.63, 3.8) is 0 Å². The Morgan fingerprint density at radius 1 is 0.634 bits per heavy atom. The van der Waals surface area contributed by atoms with Gasteiger partial charge in [0.15, 0.2) is 12.8 Å². The van der Waals surface area contributed by atoms with Crippen LogP contribution in [0.15, 0.2) is 53.9 Å². The number of piperidine rings is 1. The van der Waals surface area contributed by atoms with E-state index in [9.17, 15) is 102 Å². The number of aromatic hydroxyl groups is 1. The lowest BCUT2D eigenvalue weighted by atomic mass is 9.92. The third-order valence-electron chi connectivity index (χ3n) is 20.1. The number of ether oxygens (including phenoxy) is 3. The van der Waals surface area contributed by atoms with E-state index in [0.29, 0.717) is 42.5 Å². The first-order valence-corrected chi connectivity index (χ1v) is 43.9. The Morgan fingerprint density at radius 3 is 1.87 bits per heavy atom. The largest absolute Gasteiger partial charge is 0.508 e. The average Bonchev–Trinajstić information content (AvgIpc) is 1.71. The number of phenols is 1. The second-order valence-corrected chi connectivity index (χ2v) is 33.8. The maximum atomic E-state index is 15.0. The van der Waals surface area contributed by atoms with Crippen LogP contribution in [-0.4, -0.2) is 246 Å². The number of hydrazine groups is 1. The van der Waals surface area contributed by atoms with E-state index in [4.69, 9.17) is 19.3 Å². The molecule has 13 atom stereocenters. The summed E-state index contributed by atoms with van der Waals surface area (Å²) in [5.41, 5.74) is 6.06. The Balaban J connectivity index is 1.29. The van der Waals surface area contributed by atoms with Gasteiger partial charge >= 0.3 is 59.9 Å². The number of thiazole rings is 1. The number of rotatable bonds is 54. The number of nitrogens with zero attached hydrogens (tertiary/aromatic N) is 3. The van der Waals surface area contributed by atoms with Crippen molar-refractivity contribution in [2.45, 2.75) is 238 Å². The molecule has 12 amide bonds. The third kappa shape index (κ3) is 38.5. The minimum Gasteiger partial charge on any atom is -0.508 e. The second kappa shape index (κ2) is 54.4. The zero-order chi connectivity index (χ0) is 91.6. The van der Waals surface area contributed by atoms with Crippen molar-refractivity contribution in [3.8, 4) is 5.75 Å². The van der Waals surface area contributed by atoms with Crippen molar-refractivity contribution in [1.82, 2.24) is 73.5 Å². The molecule has 0 bridgehead atoms. The van der Waals surface area contributed by atoms with E-state index in [1.807, 2.05) is 51.9 Å². The first-order valence-electron chi connectivity index (χ1n) is 40.6. The number of amides is 12. The van der Waals surface area contributed by atoms with Crippen molar-refractivity contribution in [3.05, 3.63) is 81.3 Å². The van der Waals surface area contributed by atoms with E-state index in [2.05, 4.69) is 58.4 Å². The van der Waals surface area contributed by atoms with Gasteiger partial charge in [0.05, 0.1) is 18.9 Å². The van der Waals surface area contributed by atoms with Gasteiger partial charge in [0.25, 0.3) is 5.91 Å². The number of phenolic OH excluding ortho intramolecular Hbond substituents is 1. The minimum absolute atomic E-state index is 0.0170. The summed E-state index contributed by atoms with van der Waals surface area (Å²) >= 11 is 1.01. The number of likely N-dealkylation sites (tertiary alicyclic amines) is 1. The number of carboxylic acid groups (broad SMARTS) is 5. The molecule has 1 saturated heterocycles. The topological polar surface area (TPSA) is 591 Å². The molecular weight excluding hydrogens is 1670 g/mol. The highest BCUT2D eigenvalue weighted by atomic mass is 33.1. The number of esters is 2. The molecule has 17 N–H and O–H groups in total. The van der Waals surface area contributed by atoms with E-state index >= 15 is 4.79 Å². The van der Waals surface area contributed by atoms with Gasteiger partial charge in [0.1, 0.15) is 59.3 Å². The van der Waals surface area contributed by atoms with Crippen LogP contribution in [0.2, 0.25) is 0 Å². The zero-order valence-electron chi connectivity index (χ0n) is 70.7. The molecule has 2 aromatic carbocycles. The number of likely N-dealkylation sites (N-methyl/N-ethyl adjacent to an activating group) is 1. The van der Waals surface area contributed by atoms with Crippen LogP contribution in [0.5, 0.6) is 5.75 Å². The van der Waals surface area contributed by atoms with Crippen LogP contribution in [0.1, 0.15) is 197 Å². The highest BCUT2D eigenvalue weighted by Crippen LogP contribution is 2.33. The summed E-state index contributed by atoms with van der Waals surface area (Å²) in [6, 6.07) is 0.0349. The molecule has 3 aromatic rings. The Kier molecular flexibility index (Phi) is 46.1. The van der Waals surface area contributed by atoms with Crippen molar-refractivity contribution >= 4 is 134 Å². The lowest BCUT2D eigenvalue weighted by Crippen LogP contribution is -2.59. The first-order chi connectivity index (χ1) is 58.2. The predicted molar refractivity (Wildman–Crippen MR) is 449 cm³/mol. The molecule has 123 heavy (non-hydrogen) atoms. The quantitative estimate of drug-likeness (QED) is 0.00895. The highest BCUT2D eigenvalue weighted by Gasteiger charge is 2.41. The summed E-state index contributed by atoms with van der Waals surface area (Å²) in [7, 11) is 3.91. The fraction of sp³-hybridized carbons (Fsp3) is 0.600. The molecule has 0 aliphatic carbocycles. The lowest BCUT2D eigenvalue weighted by Gasteiger charge is -2.39. The van der Waals surface area contributed by atoms with Gasteiger partial charge in [-0.25, -0.2) is 39.2 Å². The minimum atomic E-state index is -1.70. The van der Waals surface area contributed by atoms with Crippen LogP contribution < -0.4 is 58.7 Å². The standard InChI is InChI=1S/C80H118N14O26S3/c1-11-18-65(102)119-43-94(74(108)67(46(7)13-3)90-71(106)59-20-15-17-32-93(59)10)60(44(4)5)39-61(120-48(9)95)73-86-57(41-121-73)70(105)83-52(36-49-25-27-53(96)28-26-49)35-47(8)68(103)91-92-80(117)118-33-34-122-123-42-58(77(113)114)85-72(107)66(45(6)12-2)89-69(104)56(38-64(100)101)84-62(97)37-50-21-23-51(24-22-50)40-82-78(115)81-31-16-14-19-54(75(109)110)87-79(116)88-55(76(111)112)29-30-63(98)99/h21-28,41,44-47,52,54-56,58-61,66-67,96H,11-20,29-40,42-43H2,1-10H3,(H,83,105)(H,84,97)(H,85,107)(H,89,104)(H,90,106)(H,91,103)(H,92,117)(H,98,99)(H,100,101)(H,109,110)(H,111,112)(H,113,114)(H2,81,82,115)(H2,87,88,116)/t45?,46?,47-,52+,54-,55-,56-,58-,59+,60+,61+,66-,67-/m0/s1. The Morgan fingerprint density at radius 2 is 1.27 bits per heavy atom. The molecule has 1 aliphatic heterocycles. The molecule has 2 heterocycles. The highest BCUT2D eigenvalue weighted by molar-refractivity contribution is 8.76. The monoisotopic (exact) mass is 1790 g/mol. The van der Waals surface area contributed by atoms with E-state index in [-0.39, 0.29) is 123 Å². The van der Waals surface area contributed by atoms with E-state index in [1.54, 1.807) is 57.2 Å². The van der Waals surface area contributed by atoms with Crippen molar-refractivity contribution in [1.29, 1.82) is 0 Å². The van der Waals surface area contributed by atoms with Crippen LogP contribution in [0, 0.1) is 23.7 Å². The van der Waals surface area contributed by atoms with Crippen LogP contribution in [0.3, 0.4) is 0 Å². The van der Waals surface area contributed by atoms with Crippen LogP contribution in [-0.2, 0) is 95.9 Å². The normalized spacial score (nSPS) is 15.5. The number of benzene rings is 2. The molecule has 40 nitrogen and oxygen atoms in total. The summed E-state index contributed by atoms with van der Waals surface area (Å²) in [6.07, 6.45) is -0.244. The number of carbonyl (C=O) groups excluding carboxylic acids is 12. The van der Waals surface area contributed by atoms with E-state index in [0.717, 1.165) is 45.8 Å². The Hall–Kier alpha value is -11.1. The molecule has 1 aromatic heterocycles. The number of hydrogen-bond acceptors (Lipinski definition) is 26. The molecule has 0 spiro atoms. The molecule has 1 fully saturated rings. The number of carbonyl (C=O) groups is 17. The van der Waals surface area contributed by atoms with Crippen molar-refractivity contribution in [2.24, 2.45) is 23.7 Å². The second-order valence-electron chi connectivity index (χ2n) is 30.2. The maximum absolute atomic E-state index is 15.0. The van der Waals surface area contributed by atoms with Gasteiger partial charge < -0.3 is 97.6 Å². The summed E-state index contributed by atoms with van der Waals surface area (Å²) in [4.78, 5) is 227. The number of aliphatic carboxylic acids is 5. The number of carboxylic acids is 5. The zero-order valence-corrected chi connectivity index (χ0v) is 73.1. The average molecular weight is 1790 g/mol. The summed E-state index contributed by atoms with van der Waals surface area (Å²) in [6.45, 7) is 15.4. The SMILES string of the molecule is CCCC(=O)OCN(C(=O)[C@@H](NC(=O)[C@H]1CCCCN1C)C(C)CC)[C@H](C[C@@H](OC(C)=O)c1nc(C(=O)N[C@@H](Cc2ccc(O)cc2)C[C@H](C)C(=O)NNC(=O)OCCSSC[C@H](NC(=O)[C@@H](NC(=O)[C@H](CC(=O)O)NC(=O)Cc2ccc(CNC(=O)NCCCC[C@H](NC(=O)N[C@@H](CCC(=O)O)C(=O)O)C(=O)O)cc2)C(C)CC)C(=O)O)cs1)C(C)C. The van der Waals surface area contributed by atoms with Crippen LogP contribution in [0.25, 0.3) is 0 Å². The molecule has 0 saturated carbocycles. The smallest absolute Gasteiger partial charge is 0.426 e. The maximum Gasteiger partial charge on any atom is 0.426 e. The van der Waals surface area contributed by atoms with Gasteiger partial charge in [-0.1, -0.05) is 133 Å². The van der Waals surface area contributed by atoms with Gasteiger partial charge in [-0.2, -0.15) is 0 Å². The number of hydrogen-bond donors (Lipinski definition) is 17. The van der Waals surface area contributed by atoms with Gasteiger partial charge in [-0.3, -0.25) is 63.1 Å². The predicted octanol–water partition coefficient (Wildman–Crippen LogP) is 4.86. The fourth-order valence-corrected chi connectivity index (χ4v) is 15.6. The number of urea groups is 2. The number of aromatic nitrogens is 1. The van der Waals surface area contributed by atoms with Crippen LogP contribution >= 0.6 is 32.9 Å². The number of nitrogens with one attached hydrogen (secondary N) is 11. The molecule has 43 heteroatoms. The third-order valence-corrected chi connectivity index (χ3v) is 23.4. The fourth-order valence-electron chi connectivity index (χ4n) is 12.7. The number of unbranched alkanes of at least 4 members (excludes halogenated alkanes) is 1. The first kappa shape index (κ1) is 104. The molecular formula is C80H118N14O26S3. The Labute approximate surface area is 724 Å². The summed E-state index contributed by atoms with van der Waals surface area (Å²) in [5, 5.41) is 81.8. The molecule has 4 rings (SSSR count). The van der Waals surface area contributed by atoms with Crippen molar-refractivity contribution in [2.75, 3.05) is 45.0 Å². The van der Waals surface area contributed by atoms with Crippen LogP contribution in [0.4, 0.5) is 14.4 Å². The van der Waals surface area contributed by atoms with Gasteiger partial charge in [-0.05, 0) is 118 Å². The van der Waals surface area contributed by atoms with Crippen molar-refractivity contribution < 1.29 is 126 Å². The van der Waals surface area contributed by atoms with Gasteiger partial charge in [0.2, 0.25) is 35.4 Å². The van der Waals surface area contributed by atoms with E-state index < -0.39 is 194 Å². The van der Waals surface area contributed by atoms with Gasteiger partial charge in [0, 0.05) is 74.2 Å². The molecule has 682 valence electrons.